The van der Waals surface area contributed by atoms with Gasteiger partial charge < -0.3 is 9.84 Å². The van der Waals surface area contributed by atoms with Gasteiger partial charge in [0, 0.05) is 13.1 Å². The minimum atomic E-state index is -3.80. The molecule has 0 radical (unpaired) electrons. The third-order valence-corrected chi connectivity index (χ3v) is 9.57. The van der Waals surface area contributed by atoms with Gasteiger partial charge >= 0.3 is 0 Å². The Labute approximate surface area is 224 Å². The Kier molecular flexibility index (Phi) is 6.82. The van der Waals surface area contributed by atoms with E-state index in [4.69, 9.17) is 4.74 Å². The molecule has 0 aliphatic carbocycles. The molecule has 2 aliphatic rings. The number of rotatable bonds is 7. The molecule has 196 valence electrons. The lowest BCUT2D eigenvalue weighted by Gasteiger charge is -2.37. The second kappa shape index (κ2) is 10.4. The van der Waals surface area contributed by atoms with Gasteiger partial charge in [-0.2, -0.15) is 4.31 Å². The van der Waals surface area contributed by atoms with Crippen molar-refractivity contribution in [2.24, 2.45) is 0 Å². The Balaban J connectivity index is 1.32. The summed E-state index contributed by atoms with van der Waals surface area (Å²) in [4.78, 5) is 2.70. The van der Waals surface area contributed by atoms with Crippen molar-refractivity contribution in [3.8, 4) is 11.5 Å². The number of benzene rings is 4. The predicted octanol–water partition coefficient (Wildman–Crippen LogP) is 5.36. The normalized spacial score (nSPS) is 18.5. The quantitative estimate of drug-likeness (QED) is 0.350. The van der Waals surface area contributed by atoms with Crippen LogP contribution in [0.3, 0.4) is 0 Å². The van der Waals surface area contributed by atoms with E-state index in [1.54, 1.807) is 28.6 Å². The number of likely N-dealkylation sites (tertiary alicyclic amines) is 1. The van der Waals surface area contributed by atoms with E-state index in [0.29, 0.717) is 19.6 Å². The van der Waals surface area contributed by atoms with Gasteiger partial charge in [-0.05, 0) is 96.2 Å². The summed E-state index contributed by atoms with van der Waals surface area (Å²) in [6.07, 6.45) is 3.05. The molecule has 1 N–H and O–H groups in total. The molecule has 4 aromatic carbocycles. The second-order valence-electron chi connectivity index (χ2n) is 10.1. The molecule has 38 heavy (non-hydrogen) atoms. The van der Waals surface area contributed by atoms with Crippen molar-refractivity contribution in [1.29, 1.82) is 0 Å². The van der Waals surface area contributed by atoms with Crippen molar-refractivity contribution < 1.29 is 18.3 Å². The van der Waals surface area contributed by atoms with E-state index in [1.165, 1.54) is 12.8 Å². The van der Waals surface area contributed by atoms with Crippen LogP contribution in [0.2, 0.25) is 0 Å². The number of hydrogen-bond donors (Lipinski definition) is 1. The van der Waals surface area contributed by atoms with E-state index < -0.39 is 16.1 Å². The maximum atomic E-state index is 14.1. The summed E-state index contributed by atoms with van der Waals surface area (Å²) in [7, 11) is -3.80. The topological polar surface area (TPSA) is 70.1 Å². The van der Waals surface area contributed by atoms with Gasteiger partial charge in [0.2, 0.25) is 10.0 Å². The summed E-state index contributed by atoms with van der Waals surface area (Å²) in [5, 5.41) is 12.0. The van der Waals surface area contributed by atoms with Crippen molar-refractivity contribution >= 4 is 20.8 Å². The van der Waals surface area contributed by atoms with Crippen LogP contribution in [0, 0.1) is 0 Å². The van der Waals surface area contributed by atoms with E-state index >= 15 is 0 Å². The third kappa shape index (κ3) is 4.89. The van der Waals surface area contributed by atoms with Gasteiger partial charge in [-0.1, -0.05) is 48.5 Å². The lowest BCUT2D eigenvalue weighted by Crippen LogP contribution is -2.40. The van der Waals surface area contributed by atoms with E-state index in [1.807, 2.05) is 60.7 Å². The molecule has 2 heterocycles. The molecule has 7 heteroatoms. The van der Waals surface area contributed by atoms with Crippen LogP contribution in [0.1, 0.15) is 35.6 Å². The van der Waals surface area contributed by atoms with E-state index in [0.717, 1.165) is 52.8 Å². The Morgan fingerprint density at radius 2 is 1.61 bits per heavy atom. The number of phenols is 1. The Bertz CT molecular complexity index is 1550. The fraction of sp³-hybridized carbons (Fsp3) is 0.290. The molecule has 0 saturated carbocycles. The fourth-order valence-corrected chi connectivity index (χ4v) is 7.33. The van der Waals surface area contributed by atoms with Crippen molar-refractivity contribution in [3.05, 3.63) is 102 Å². The lowest BCUT2D eigenvalue weighted by atomic mass is 9.89. The molecular formula is C31H32N2O4S. The minimum absolute atomic E-state index is 0.190. The maximum absolute atomic E-state index is 14.1. The van der Waals surface area contributed by atoms with Crippen LogP contribution in [-0.4, -0.2) is 55.5 Å². The average Bonchev–Trinajstić information content (AvgIpc) is 3.46. The SMILES string of the molecule is O=S(=O)(c1ccc2ccccc2c1)N1CCc2cc(O)ccc2C1c1ccc(OCCN2CCCC2)cc1. The lowest BCUT2D eigenvalue weighted by molar-refractivity contribution is 0.237. The number of ether oxygens (including phenoxy) is 1. The number of hydrogen-bond acceptors (Lipinski definition) is 5. The number of aromatic hydroxyl groups is 1. The van der Waals surface area contributed by atoms with E-state index in [-0.39, 0.29) is 10.6 Å². The monoisotopic (exact) mass is 528 g/mol. The van der Waals surface area contributed by atoms with Gasteiger partial charge in [0.05, 0.1) is 10.9 Å². The van der Waals surface area contributed by atoms with Crippen molar-refractivity contribution in [3.63, 3.8) is 0 Å². The first-order valence-electron chi connectivity index (χ1n) is 13.3. The summed E-state index contributed by atoms with van der Waals surface area (Å²) in [5.41, 5.74) is 2.72. The van der Waals surface area contributed by atoms with Gasteiger partial charge in [0.15, 0.2) is 0 Å². The maximum Gasteiger partial charge on any atom is 0.243 e. The Morgan fingerprint density at radius 1 is 0.842 bits per heavy atom. The molecule has 0 bridgehead atoms. The molecule has 0 aromatic heterocycles. The van der Waals surface area contributed by atoms with Crippen LogP contribution in [0.4, 0.5) is 0 Å². The van der Waals surface area contributed by atoms with Gasteiger partial charge in [0.1, 0.15) is 18.1 Å². The van der Waals surface area contributed by atoms with Crippen molar-refractivity contribution in [2.75, 3.05) is 32.8 Å². The zero-order valence-electron chi connectivity index (χ0n) is 21.3. The highest BCUT2D eigenvalue weighted by Crippen LogP contribution is 2.40. The van der Waals surface area contributed by atoms with E-state index in [9.17, 15) is 13.5 Å². The molecule has 6 rings (SSSR count). The van der Waals surface area contributed by atoms with Gasteiger partial charge in [0.25, 0.3) is 0 Å². The number of nitrogens with zero attached hydrogens (tertiary/aromatic N) is 2. The van der Waals surface area contributed by atoms with Crippen LogP contribution in [0.25, 0.3) is 10.8 Å². The number of sulfonamides is 1. The zero-order chi connectivity index (χ0) is 26.1. The molecule has 0 amide bonds. The summed E-state index contributed by atoms with van der Waals surface area (Å²) in [6.45, 7) is 4.15. The molecule has 1 fully saturated rings. The van der Waals surface area contributed by atoms with Crippen LogP contribution < -0.4 is 4.74 Å². The highest BCUT2D eigenvalue weighted by molar-refractivity contribution is 7.89. The summed E-state index contributed by atoms with van der Waals surface area (Å²) >= 11 is 0. The molecule has 4 aromatic rings. The molecule has 0 spiro atoms. The Morgan fingerprint density at radius 3 is 2.39 bits per heavy atom. The first-order chi connectivity index (χ1) is 18.5. The average molecular weight is 529 g/mol. The highest BCUT2D eigenvalue weighted by atomic mass is 32.2. The predicted molar refractivity (Wildman–Crippen MR) is 149 cm³/mol. The standard InChI is InChI=1S/C31H32N2O4S/c34-27-10-14-30-26(21-27)15-18-33(38(35,36)29-13-9-23-5-1-2-6-25(23)22-29)31(30)24-7-11-28(12-8-24)37-20-19-32-16-3-4-17-32/h1-2,5-14,21-22,31,34H,3-4,15-20H2. The van der Waals surface area contributed by atoms with Gasteiger partial charge in [-0.15, -0.1) is 0 Å². The number of phenolic OH excluding ortho intramolecular Hbond substituents is 1. The largest absolute Gasteiger partial charge is 0.508 e. The molecule has 1 atom stereocenters. The zero-order valence-corrected chi connectivity index (χ0v) is 22.1. The van der Waals surface area contributed by atoms with Crippen LogP contribution in [0.15, 0.2) is 89.8 Å². The van der Waals surface area contributed by atoms with Crippen molar-refractivity contribution in [2.45, 2.75) is 30.2 Å². The first kappa shape index (κ1) is 24.9. The summed E-state index contributed by atoms with van der Waals surface area (Å²) in [5.74, 6) is 0.966. The second-order valence-corrected chi connectivity index (χ2v) is 12.0. The molecule has 1 unspecified atom stereocenters. The van der Waals surface area contributed by atoms with E-state index in [2.05, 4.69) is 4.90 Å². The first-order valence-corrected chi connectivity index (χ1v) is 14.7. The summed E-state index contributed by atoms with van der Waals surface area (Å²) in [6, 6.07) is 25.6. The minimum Gasteiger partial charge on any atom is -0.508 e. The van der Waals surface area contributed by atoms with Gasteiger partial charge in [-0.25, -0.2) is 8.42 Å². The summed E-state index contributed by atoms with van der Waals surface area (Å²) < 4.78 is 35.7. The smallest absolute Gasteiger partial charge is 0.243 e. The molecular weight excluding hydrogens is 496 g/mol. The number of fused-ring (bicyclic) bond motifs is 2. The highest BCUT2D eigenvalue weighted by Gasteiger charge is 2.37. The molecule has 1 saturated heterocycles. The third-order valence-electron chi connectivity index (χ3n) is 7.71. The van der Waals surface area contributed by atoms with Crippen molar-refractivity contribution in [1.82, 2.24) is 9.21 Å². The molecule has 2 aliphatic heterocycles. The Hall–Kier alpha value is -3.39. The van der Waals surface area contributed by atoms with Crippen LogP contribution in [0.5, 0.6) is 11.5 Å². The molecule has 6 nitrogen and oxygen atoms in total. The van der Waals surface area contributed by atoms with Gasteiger partial charge in [-0.3, -0.25) is 4.90 Å². The van der Waals surface area contributed by atoms with Crippen LogP contribution in [-0.2, 0) is 16.4 Å². The van der Waals surface area contributed by atoms with Crippen LogP contribution >= 0.6 is 0 Å². The fourth-order valence-electron chi connectivity index (χ4n) is 5.70.